The zero-order chi connectivity index (χ0) is 20.2. The summed E-state index contributed by atoms with van der Waals surface area (Å²) in [5.41, 5.74) is 2.26. The number of hydrogen-bond donors (Lipinski definition) is 2. The predicted octanol–water partition coefficient (Wildman–Crippen LogP) is 1.92. The highest BCUT2D eigenvalue weighted by atomic mass is 32.2. The average molecular weight is 389 g/mol. The van der Waals surface area contributed by atoms with Gasteiger partial charge in [-0.25, -0.2) is 8.42 Å². The molecule has 0 aliphatic carbocycles. The molecular weight excluding hydrogens is 366 g/mol. The molecule has 0 atom stereocenters. The summed E-state index contributed by atoms with van der Waals surface area (Å²) in [4.78, 5) is 25.3. The number of anilines is 1. The fourth-order valence-electron chi connectivity index (χ4n) is 2.26. The van der Waals surface area contributed by atoms with E-state index in [2.05, 4.69) is 10.0 Å². The standard InChI is InChI=1S/C19H23N3O4S/c1-13-5-8-15(9-6-13)21-27(25,26)16-10-7-14(2)17(11-16)19(24)20-12-18(23)22(3)4/h5-11,21H,12H2,1-4H3,(H,20,24). The van der Waals surface area contributed by atoms with E-state index in [9.17, 15) is 18.0 Å². The molecule has 2 N–H and O–H groups in total. The van der Waals surface area contributed by atoms with Gasteiger partial charge in [-0.3, -0.25) is 14.3 Å². The summed E-state index contributed by atoms with van der Waals surface area (Å²) >= 11 is 0. The first kappa shape index (κ1) is 20.4. The lowest BCUT2D eigenvalue weighted by atomic mass is 10.1. The first-order valence-corrected chi connectivity index (χ1v) is 9.77. The lowest BCUT2D eigenvalue weighted by molar-refractivity contribution is -0.127. The van der Waals surface area contributed by atoms with Crippen LogP contribution in [-0.4, -0.2) is 45.8 Å². The van der Waals surface area contributed by atoms with E-state index in [0.29, 0.717) is 11.3 Å². The minimum Gasteiger partial charge on any atom is -0.347 e. The molecule has 2 amide bonds. The Bertz CT molecular complexity index is 951. The van der Waals surface area contributed by atoms with E-state index in [-0.39, 0.29) is 22.9 Å². The highest BCUT2D eigenvalue weighted by Gasteiger charge is 2.19. The van der Waals surface area contributed by atoms with Crippen LogP contribution < -0.4 is 10.0 Å². The zero-order valence-corrected chi connectivity index (χ0v) is 16.6. The highest BCUT2D eigenvalue weighted by molar-refractivity contribution is 7.92. The van der Waals surface area contributed by atoms with Gasteiger partial charge < -0.3 is 10.2 Å². The highest BCUT2D eigenvalue weighted by Crippen LogP contribution is 2.19. The minimum atomic E-state index is -3.85. The van der Waals surface area contributed by atoms with Gasteiger partial charge in [0.15, 0.2) is 0 Å². The molecule has 144 valence electrons. The van der Waals surface area contributed by atoms with Crippen molar-refractivity contribution in [2.24, 2.45) is 0 Å². The maximum absolute atomic E-state index is 12.6. The molecular formula is C19H23N3O4S. The number of hydrogen-bond acceptors (Lipinski definition) is 4. The molecule has 7 nitrogen and oxygen atoms in total. The van der Waals surface area contributed by atoms with E-state index in [1.807, 2.05) is 6.92 Å². The van der Waals surface area contributed by atoms with Gasteiger partial charge in [0.2, 0.25) is 5.91 Å². The van der Waals surface area contributed by atoms with Crippen molar-refractivity contribution in [3.8, 4) is 0 Å². The van der Waals surface area contributed by atoms with Crippen LogP contribution in [0.3, 0.4) is 0 Å². The SMILES string of the molecule is Cc1ccc(NS(=O)(=O)c2ccc(C)c(C(=O)NCC(=O)N(C)C)c2)cc1. The molecule has 27 heavy (non-hydrogen) atoms. The summed E-state index contributed by atoms with van der Waals surface area (Å²) in [7, 11) is -0.675. The van der Waals surface area contributed by atoms with Gasteiger partial charge in [-0.1, -0.05) is 23.8 Å². The lowest BCUT2D eigenvalue weighted by Gasteiger charge is -2.13. The molecule has 0 saturated heterocycles. The fraction of sp³-hybridized carbons (Fsp3) is 0.263. The monoisotopic (exact) mass is 389 g/mol. The molecule has 0 bridgehead atoms. The Hall–Kier alpha value is -2.87. The van der Waals surface area contributed by atoms with Gasteiger partial charge in [0, 0.05) is 25.3 Å². The molecule has 0 aromatic heterocycles. The van der Waals surface area contributed by atoms with Gasteiger partial charge in [0.05, 0.1) is 11.4 Å². The summed E-state index contributed by atoms with van der Waals surface area (Å²) in [6, 6.07) is 11.2. The van der Waals surface area contributed by atoms with Gasteiger partial charge in [0.1, 0.15) is 0 Å². The summed E-state index contributed by atoms with van der Waals surface area (Å²) < 4.78 is 27.7. The number of aryl methyl sites for hydroxylation is 2. The van der Waals surface area contributed by atoms with Crippen LogP contribution in [0.4, 0.5) is 5.69 Å². The molecule has 0 saturated carbocycles. The quantitative estimate of drug-likeness (QED) is 0.789. The molecule has 2 rings (SSSR count). The van der Waals surface area contributed by atoms with Crippen LogP contribution in [0.2, 0.25) is 0 Å². The minimum absolute atomic E-state index is 0.0299. The molecule has 0 radical (unpaired) electrons. The lowest BCUT2D eigenvalue weighted by Crippen LogP contribution is -2.36. The van der Waals surface area contributed by atoms with Crippen LogP contribution in [0.1, 0.15) is 21.5 Å². The van der Waals surface area contributed by atoms with Crippen LogP contribution in [0.15, 0.2) is 47.4 Å². The third kappa shape index (κ3) is 5.30. The maximum Gasteiger partial charge on any atom is 0.261 e. The van der Waals surface area contributed by atoms with Crippen LogP contribution in [0, 0.1) is 13.8 Å². The van der Waals surface area contributed by atoms with Crippen molar-refractivity contribution in [3.63, 3.8) is 0 Å². The Morgan fingerprint density at radius 1 is 1.00 bits per heavy atom. The van der Waals surface area contributed by atoms with Crippen LogP contribution in [-0.2, 0) is 14.8 Å². The second kappa shape index (κ2) is 8.22. The van der Waals surface area contributed by atoms with Gasteiger partial charge in [-0.15, -0.1) is 0 Å². The van der Waals surface area contributed by atoms with E-state index >= 15 is 0 Å². The molecule has 8 heteroatoms. The van der Waals surface area contributed by atoms with Crippen LogP contribution >= 0.6 is 0 Å². The number of nitrogens with zero attached hydrogens (tertiary/aromatic N) is 1. The van der Waals surface area contributed by atoms with Gasteiger partial charge in [-0.05, 0) is 43.7 Å². The molecule has 0 unspecified atom stereocenters. The Morgan fingerprint density at radius 2 is 1.63 bits per heavy atom. The van der Waals surface area contributed by atoms with E-state index in [1.165, 1.54) is 17.0 Å². The first-order valence-electron chi connectivity index (χ1n) is 8.28. The van der Waals surface area contributed by atoms with Crippen molar-refractivity contribution >= 4 is 27.5 Å². The number of carbonyl (C=O) groups is 2. The fourth-order valence-corrected chi connectivity index (χ4v) is 3.34. The molecule has 2 aromatic carbocycles. The molecule has 0 aliphatic rings. The zero-order valence-electron chi connectivity index (χ0n) is 15.7. The summed E-state index contributed by atoms with van der Waals surface area (Å²) in [6.07, 6.45) is 0. The molecule has 2 aromatic rings. The summed E-state index contributed by atoms with van der Waals surface area (Å²) in [5, 5.41) is 2.51. The second-order valence-corrected chi connectivity index (χ2v) is 8.10. The summed E-state index contributed by atoms with van der Waals surface area (Å²) in [6.45, 7) is 3.44. The van der Waals surface area contributed by atoms with Crippen molar-refractivity contribution in [1.29, 1.82) is 0 Å². The first-order chi connectivity index (χ1) is 12.6. The normalized spacial score (nSPS) is 11.0. The topological polar surface area (TPSA) is 95.6 Å². The van der Waals surface area contributed by atoms with Crippen molar-refractivity contribution < 1.29 is 18.0 Å². The third-order valence-electron chi connectivity index (χ3n) is 3.97. The van der Waals surface area contributed by atoms with Crippen molar-refractivity contribution in [2.45, 2.75) is 18.7 Å². The maximum atomic E-state index is 12.6. The number of benzene rings is 2. The third-order valence-corrected chi connectivity index (χ3v) is 5.35. The van der Waals surface area contributed by atoms with Crippen molar-refractivity contribution in [2.75, 3.05) is 25.4 Å². The average Bonchev–Trinajstić information content (AvgIpc) is 2.61. The van der Waals surface area contributed by atoms with Gasteiger partial charge in [0.25, 0.3) is 15.9 Å². The number of likely N-dealkylation sites (N-methyl/N-ethyl adjacent to an activating group) is 1. The number of sulfonamides is 1. The number of nitrogens with one attached hydrogen (secondary N) is 2. The van der Waals surface area contributed by atoms with Crippen LogP contribution in [0.5, 0.6) is 0 Å². The Kier molecular flexibility index (Phi) is 6.22. The van der Waals surface area contributed by atoms with E-state index < -0.39 is 15.9 Å². The second-order valence-electron chi connectivity index (χ2n) is 6.42. The number of amides is 2. The van der Waals surface area contributed by atoms with Crippen molar-refractivity contribution in [1.82, 2.24) is 10.2 Å². The Labute approximate surface area is 159 Å². The van der Waals surface area contributed by atoms with Gasteiger partial charge >= 0.3 is 0 Å². The smallest absolute Gasteiger partial charge is 0.261 e. The molecule has 0 fully saturated rings. The Balaban J connectivity index is 2.23. The molecule has 0 spiro atoms. The molecule has 0 aliphatic heterocycles. The van der Waals surface area contributed by atoms with Gasteiger partial charge in [-0.2, -0.15) is 0 Å². The summed E-state index contributed by atoms with van der Waals surface area (Å²) in [5.74, 6) is -0.763. The number of carbonyl (C=O) groups excluding carboxylic acids is 2. The number of rotatable bonds is 6. The molecule has 0 heterocycles. The van der Waals surface area contributed by atoms with E-state index in [1.54, 1.807) is 51.4 Å². The van der Waals surface area contributed by atoms with E-state index in [0.717, 1.165) is 5.56 Å². The predicted molar refractivity (Wildman–Crippen MR) is 104 cm³/mol. The van der Waals surface area contributed by atoms with Crippen LogP contribution in [0.25, 0.3) is 0 Å². The Morgan fingerprint density at radius 3 is 2.22 bits per heavy atom. The largest absolute Gasteiger partial charge is 0.347 e. The van der Waals surface area contributed by atoms with Crippen molar-refractivity contribution in [3.05, 3.63) is 59.2 Å². The van der Waals surface area contributed by atoms with E-state index in [4.69, 9.17) is 0 Å².